The molecular weight excluding hydrogens is 240 g/mol. The van der Waals surface area contributed by atoms with Crippen molar-refractivity contribution in [2.45, 2.75) is 32.9 Å². The lowest BCUT2D eigenvalue weighted by Crippen LogP contribution is -2.50. The largest absolute Gasteiger partial charge is 0.480 e. The topological polar surface area (TPSA) is 95.9 Å². The number of hydrogen-bond acceptors (Lipinski definition) is 4. The van der Waals surface area contributed by atoms with E-state index in [9.17, 15) is 14.4 Å². The summed E-state index contributed by atoms with van der Waals surface area (Å²) in [7, 11) is 1.37. The normalized spacial score (nSPS) is 13.6. The Hall–Kier alpha value is -1.63. The summed E-state index contributed by atoms with van der Waals surface area (Å²) in [6.45, 7) is 4.64. The molecule has 7 nitrogen and oxygen atoms in total. The van der Waals surface area contributed by atoms with Gasteiger partial charge in [0.2, 0.25) is 5.91 Å². The standard InChI is InChI=1S/C11H20N2O5/c1-7(11(16)17)13(6-5-12-9(3)14)10(15)8(2)18-4/h7-8H,5-6H2,1-4H3,(H,12,14)(H,16,17). The van der Waals surface area contributed by atoms with Crippen LogP contribution in [0.1, 0.15) is 20.8 Å². The van der Waals surface area contributed by atoms with E-state index in [1.165, 1.54) is 25.9 Å². The highest BCUT2D eigenvalue weighted by Crippen LogP contribution is 2.04. The van der Waals surface area contributed by atoms with Crippen LogP contribution in [0.15, 0.2) is 0 Å². The van der Waals surface area contributed by atoms with Crippen LogP contribution in [0.4, 0.5) is 0 Å². The minimum Gasteiger partial charge on any atom is -0.480 e. The van der Waals surface area contributed by atoms with Crippen LogP contribution in [-0.2, 0) is 19.1 Å². The van der Waals surface area contributed by atoms with Crippen LogP contribution < -0.4 is 5.32 Å². The molecule has 0 radical (unpaired) electrons. The summed E-state index contributed by atoms with van der Waals surface area (Å²) in [4.78, 5) is 34.8. The first-order valence-corrected chi connectivity index (χ1v) is 5.61. The first kappa shape index (κ1) is 16.4. The highest BCUT2D eigenvalue weighted by atomic mass is 16.5. The number of methoxy groups -OCH3 is 1. The lowest BCUT2D eigenvalue weighted by molar-refractivity contribution is -0.153. The molecule has 0 rings (SSSR count). The molecule has 2 amide bonds. The molecule has 0 spiro atoms. The Kier molecular flexibility index (Phi) is 6.96. The molecule has 2 unspecified atom stereocenters. The van der Waals surface area contributed by atoms with Crippen LogP contribution in [0.2, 0.25) is 0 Å². The molecule has 2 atom stereocenters. The number of carboxylic acid groups (broad SMARTS) is 1. The third-order valence-corrected chi connectivity index (χ3v) is 2.54. The van der Waals surface area contributed by atoms with Gasteiger partial charge in [-0.3, -0.25) is 9.59 Å². The molecule has 0 aromatic carbocycles. The van der Waals surface area contributed by atoms with Gasteiger partial charge in [0.05, 0.1) is 0 Å². The second-order valence-corrected chi connectivity index (χ2v) is 3.91. The predicted molar refractivity (Wildman–Crippen MR) is 64.0 cm³/mol. The van der Waals surface area contributed by atoms with Crippen LogP contribution in [0.3, 0.4) is 0 Å². The van der Waals surface area contributed by atoms with E-state index < -0.39 is 24.0 Å². The Bertz CT molecular complexity index is 319. The van der Waals surface area contributed by atoms with Crippen molar-refractivity contribution in [1.82, 2.24) is 10.2 Å². The van der Waals surface area contributed by atoms with Crippen LogP contribution in [0.5, 0.6) is 0 Å². The van der Waals surface area contributed by atoms with Gasteiger partial charge in [0.1, 0.15) is 12.1 Å². The molecule has 0 heterocycles. The smallest absolute Gasteiger partial charge is 0.326 e. The number of ether oxygens (including phenoxy) is 1. The number of carbonyl (C=O) groups is 3. The van der Waals surface area contributed by atoms with Gasteiger partial charge in [0.15, 0.2) is 0 Å². The van der Waals surface area contributed by atoms with Crippen molar-refractivity contribution in [2.75, 3.05) is 20.2 Å². The molecule has 0 aromatic rings. The summed E-state index contributed by atoms with van der Waals surface area (Å²) in [5.74, 6) is -1.75. The van der Waals surface area contributed by atoms with Crippen molar-refractivity contribution in [3.63, 3.8) is 0 Å². The van der Waals surface area contributed by atoms with Crippen LogP contribution in [0, 0.1) is 0 Å². The summed E-state index contributed by atoms with van der Waals surface area (Å²) >= 11 is 0. The van der Waals surface area contributed by atoms with Gasteiger partial charge in [-0.1, -0.05) is 0 Å². The average molecular weight is 260 g/mol. The molecule has 0 aliphatic rings. The van der Waals surface area contributed by atoms with Gasteiger partial charge < -0.3 is 20.1 Å². The van der Waals surface area contributed by atoms with E-state index in [2.05, 4.69) is 5.32 Å². The van der Waals surface area contributed by atoms with Gasteiger partial charge in [-0.2, -0.15) is 0 Å². The summed E-state index contributed by atoms with van der Waals surface area (Å²) in [5.41, 5.74) is 0. The predicted octanol–water partition coefficient (Wildman–Crippen LogP) is -0.541. The Morgan fingerprint density at radius 3 is 2.28 bits per heavy atom. The van der Waals surface area contributed by atoms with E-state index in [0.29, 0.717) is 0 Å². The zero-order valence-electron chi connectivity index (χ0n) is 11.1. The fourth-order valence-electron chi connectivity index (χ4n) is 1.31. The number of rotatable bonds is 7. The van der Waals surface area contributed by atoms with Crippen LogP contribution in [-0.4, -0.2) is 60.1 Å². The number of nitrogens with one attached hydrogen (secondary N) is 1. The van der Waals surface area contributed by atoms with Gasteiger partial charge in [-0.15, -0.1) is 0 Å². The molecule has 0 aromatic heterocycles. The van der Waals surface area contributed by atoms with Crippen molar-refractivity contribution in [1.29, 1.82) is 0 Å². The Morgan fingerprint density at radius 1 is 1.33 bits per heavy atom. The van der Waals surface area contributed by atoms with Crippen molar-refractivity contribution >= 4 is 17.8 Å². The molecular formula is C11H20N2O5. The summed E-state index contributed by atoms with van der Waals surface area (Å²) < 4.78 is 4.88. The van der Waals surface area contributed by atoms with E-state index in [1.54, 1.807) is 6.92 Å². The van der Waals surface area contributed by atoms with E-state index >= 15 is 0 Å². The first-order valence-electron chi connectivity index (χ1n) is 5.61. The molecule has 2 N–H and O–H groups in total. The molecule has 0 fully saturated rings. The van der Waals surface area contributed by atoms with E-state index in [4.69, 9.17) is 9.84 Å². The third kappa shape index (κ3) is 5.13. The SMILES string of the molecule is COC(C)C(=O)N(CCNC(C)=O)C(C)C(=O)O. The van der Waals surface area contributed by atoms with E-state index in [0.717, 1.165) is 0 Å². The van der Waals surface area contributed by atoms with Gasteiger partial charge in [0.25, 0.3) is 5.91 Å². The zero-order valence-corrected chi connectivity index (χ0v) is 11.1. The first-order chi connectivity index (χ1) is 8.31. The Balaban J connectivity index is 4.66. The summed E-state index contributed by atoms with van der Waals surface area (Å²) in [5, 5.41) is 11.5. The third-order valence-electron chi connectivity index (χ3n) is 2.54. The number of carbonyl (C=O) groups excluding carboxylic acids is 2. The highest BCUT2D eigenvalue weighted by Gasteiger charge is 2.28. The maximum Gasteiger partial charge on any atom is 0.326 e. The Morgan fingerprint density at radius 2 is 1.89 bits per heavy atom. The Labute approximate surface area is 106 Å². The molecule has 0 aliphatic carbocycles. The molecule has 18 heavy (non-hydrogen) atoms. The van der Waals surface area contributed by atoms with E-state index in [-0.39, 0.29) is 19.0 Å². The summed E-state index contributed by atoms with van der Waals surface area (Å²) in [6, 6.07) is -0.969. The van der Waals surface area contributed by atoms with Crippen molar-refractivity contribution in [3.05, 3.63) is 0 Å². The van der Waals surface area contributed by atoms with Crippen molar-refractivity contribution < 1.29 is 24.2 Å². The van der Waals surface area contributed by atoms with Crippen LogP contribution in [0.25, 0.3) is 0 Å². The highest BCUT2D eigenvalue weighted by molar-refractivity contribution is 5.86. The maximum absolute atomic E-state index is 11.9. The second kappa shape index (κ2) is 7.65. The number of amides is 2. The van der Waals surface area contributed by atoms with Gasteiger partial charge in [0, 0.05) is 27.1 Å². The molecule has 7 heteroatoms. The minimum absolute atomic E-state index is 0.125. The minimum atomic E-state index is -1.10. The molecule has 0 aliphatic heterocycles. The second-order valence-electron chi connectivity index (χ2n) is 3.91. The number of carboxylic acids is 1. The molecule has 0 bridgehead atoms. The zero-order chi connectivity index (χ0) is 14.3. The lowest BCUT2D eigenvalue weighted by atomic mass is 10.2. The fourth-order valence-corrected chi connectivity index (χ4v) is 1.31. The quantitative estimate of drug-likeness (QED) is 0.641. The van der Waals surface area contributed by atoms with Gasteiger partial charge >= 0.3 is 5.97 Å². The number of hydrogen-bond donors (Lipinski definition) is 2. The van der Waals surface area contributed by atoms with E-state index in [1.807, 2.05) is 0 Å². The van der Waals surface area contributed by atoms with Crippen LogP contribution >= 0.6 is 0 Å². The summed E-state index contributed by atoms with van der Waals surface area (Å²) in [6.07, 6.45) is -0.718. The number of nitrogens with zero attached hydrogens (tertiary/aromatic N) is 1. The van der Waals surface area contributed by atoms with Crippen molar-refractivity contribution in [2.24, 2.45) is 0 Å². The molecule has 104 valence electrons. The van der Waals surface area contributed by atoms with Gasteiger partial charge in [-0.05, 0) is 13.8 Å². The lowest BCUT2D eigenvalue weighted by Gasteiger charge is -2.28. The molecule has 0 saturated heterocycles. The van der Waals surface area contributed by atoms with Crippen molar-refractivity contribution in [3.8, 4) is 0 Å². The van der Waals surface area contributed by atoms with Gasteiger partial charge in [-0.25, -0.2) is 4.79 Å². The fraction of sp³-hybridized carbons (Fsp3) is 0.727. The maximum atomic E-state index is 11.9. The number of aliphatic carboxylic acids is 1. The molecule has 0 saturated carbocycles. The average Bonchev–Trinajstić information content (AvgIpc) is 2.31. The monoisotopic (exact) mass is 260 g/mol.